The van der Waals surface area contributed by atoms with Crippen molar-refractivity contribution in [2.45, 2.75) is 55.3 Å². The molecule has 0 atom stereocenters. The lowest BCUT2D eigenvalue weighted by Crippen LogP contribution is -2.46. The van der Waals surface area contributed by atoms with Crippen molar-refractivity contribution in [3.63, 3.8) is 0 Å². The van der Waals surface area contributed by atoms with E-state index >= 15 is 0 Å². The molecule has 37 heavy (non-hydrogen) atoms. The molecule has 0 amide bonds. The van der Waals surface area contributed by atoms with E-state index in [4.69, 9.17) is 4.74 Å². The smallest absolute Gasteiger partial charge is 0.408 e. The summed E-state index contributed by atoms with van der Waals surface area (Å²) in [5.41, 5.74) is 2.45. The topological polar surface area (TPSA) is 86.1 Å². The molecule has 0 aliphatic heterocycles. The number of pyridine rings is 1. The molecule has 1 N–H and O–H groups in total. The van der Waals surface area contributed by atoms with E-state index in [1.807, 2.05) is 24.3 Å². The molecule has 5 rings (SSSR count). The van der Waals surface area contributed by atoms with Crippen LogP contribution in [-0.2, 0) is 9.84 Å². The van der Waals surface area contributed by atoms with Crippen LogP contribution in [0.1, 0.15) is 43.9 Å². The van der Waals surface area contributed by atoms with E-state index in [2.05, 4.69) is 4.98 Å². The normalized spacial score (nSPS) is 14.8. The maximum atomic E-state index is 13.7. The third kappa shape index (κ3) is 4.22. The summed E-state index contributed by atoms with van der Waals surface area (Å²) in [6, 6.07) is 14.4. The molecule has 1 fully saturated rings. The first-order valence-electron chi connectivity index (χ1n) is 11.7. The number of fused-ring (bicyclic) bond motifs is 1. The van der Waals surface area contributed by atoms with Crippen molar-refractivity contribution in [3.05, 3.63) is 77.3 Å². The zero-order valence-electron chi connectivity index (χ0n) is 20.4. The molecule has 2 aromatic carbocycles. The molecule has 0 spiro atoms. The number of aryl methyl sites for hydroxylation is 1. The monoisotopic (exact) mass is 530 g/mol. The summed E-state index contributed by atoms with van der Waals surface area (Å²) in [5.74, 6) is 1.29. The molecule has 2 aromatic heterocycles. The summed E-state index contributed by atoms with van der Waals surface area (Å²) in [5, 5.41) is 13.0. The first kappa shape index (κ1) is 25.1. The molecule has 1 saturated carbocycles. The number of ether oxygens (including phenoxy) is 1. The predicted molar refractivity (Wildman–Crippen MR) is 133 cm³/mol. The van der Waals surface area contributed by atoms with Crippen LogP contribution in [0, 0.1) is 12.1 Å². The van der Waals surface area contributed by atoms with E-state index in [0.29, 0.717) is 46.9 Å². The number of H-pyrrole nitrogens is 1. The van der Waals surface area contributed by atoms with Crippen LogP contribution in [0.25, 0.3) is 22.2 Å². The minimum absolute atomic E-state index is 0.235. The number of nitrogens with zero attached hydrogens (tertiary/aromatic N) is 1. The fourth-order valence-electron chi connectivity index (χ4n) is 4.26. The van der Waals surface area contributed by atoms with E-state index in [1.165, 1.54) is 17.7 Å². The number of aromatic nitrogens is 2. The molecule has 6 nitrogen and oxygen atoms in total. The highest BCUT2D eigenvalue weighted by atomic mass is 32.2. The SMILES string of the molecule is Cc1cc(-c2cc(S(=O)(=O)C(C)(C)C(F)(F)F)ccc2Oc2ccc(C3CC3)cc2)c2cc[nH]c2[n+]1[O-]. The Morgan fingerprint density at radius 3 is 2.30 bits per heavy atom. The van der Waals surface area contributed by atoms with Crippen molar-refractivity contribution in [1.29, 1.82) is 0 Å². The number of alkyl halides is 3. The zero-order valence-corrected chi connectivity index (χ0v) is 21.2. The zero-order chi connectivity index (χ0) is 26.8. The Balaban J connectivity index is 1.68. The van der Waals surface area contributed by atoms with Crippen LogP contribution in [0.5, 0.6) is 11.5 Å². The van der Waals surface area contributed by atoms with Crippen LogP contribution in [0.4, 0.5) is 13.2 Å². The van der Waals surface area contributed by atoms with Gasteiger partial charge in [-0.05, 0) is 87.6 Å². The molecular weight excluding hydrogens is 505 g/mol. The van der Waals surface area contributed by atoms with Gasteiger partial charge in [-0.15, -0.1) is 0 Å². The average molecular weight is 531 g/mol. The van der Waals surface area contributed by atoms with Gasteiger partial charge >= 0.3 is 6.18 Å². The van der Waals surface area contributed by atoms with Gasteiger partial charge in [0, 0.05) is 11.1 Å². The molecule has 0 saturated heterocycles. The molecule has 194 valence electrons. The second-order valence-electron chi connectivity index (χ2n) is 9.85. The summed E-state index contributed by atoms with van der Waals surface area (Å²) in [4.78, 5) is 2.36. The van der Waals surface area contributed by atoms with Gasteiger partial charge in [0.25, 0.3) is 5.65 Å². The second kappa shape index (κ2) is 8.51. The van der Waals surface area contributed by atoms with Gasteiger partial charge in [-0.25, -0.2) is 18.1 Å². The minimum Gasteiger partial charge on any atom is -0.710 e. The summed E-state index contributed by atoms with van der Waals surface area (Å²) >= 11 is 0. The molecule has 10 heteroatoms. The third-order valence-electron chi connectivity index (χ3n) is 6.95. The van der Waals surface area contributed by atoms with Crippen LogP contribution < -0.4 is 9.47 Å². The number of hydrogen-bond donors (Lipinski definition) is 1. The third-order valence-corrected chi connectivity index (χ3v) is 9.40. The summed E-state index contributed by atoms with van der Waals surface area (Å²) < 4.78 is 71.3. The number of halogens is 3. The van der Waals surface area contributed by atoms with Gasteiger partial charge in [0.15, 0.2) is 14.6 Å². The maximum Gasteiger partial charge on any atom is 0.408 e. The number of rotatable bonds is 6. The van der Waals surface area contributed by atoms with Gasteiger partial charge in [-0.3, -0.25) is 0 Å². The Hall–Kier alpha value is -3.53. The van der Waals surface area contributed by atoms with Gasteiger partial charge in [-0.2, -0.15) is 13.2 Å². The van der Waals surface area contributed by atoms with Gasteiger partial charge in [0.05, 0.1) is 16.5 Å². The number of hydrogen-bond acceptors (Lipinski definition) is 4. The lowest BCUT2D eigenvalue weighted by atomic mass is 10.0. The van der Waals surface area contributed by atoms with Crippen molar-refractivity contribution in [2.75, 3.05) is 0 Å². The van der Waals surface area contributed by atoms with Crippen molar-refractivity contribution < 1.29 is 31.1 Å². The highest BCUT2D eigenvalue weighted by molar-refractivity contribution is 7.92. The summed E-state index contributed by atoms with van der Waals surface area (Å²) in [6.07, 6.45) is -1.13. The molecule has 0 bridgehead atoms. The lowest BCUT2D eigenvalue weighted by Gasteiger charge is -2.28. The van der Waals surface area contributed by atoms with Crippen molar-refractivity contribution >= 4 is 20.9 Å². The summed E-state index contributed by atoms with van der Waals surface area (Å²) in [6.45, 7) is 2.87. The molecule has 2 heterocycles. The van der Waals surface area contributed by atoms with E-state index in [1.54, 1.807) is 25.3 Å². The summed E-state index contributed by atoms with van der Waals surface area (Å²) in [7, 11) is -4.84. The highest BCUT2D eigenvalue weighted by Gasteiger charge is 2.57. The van der Waals surface area contributed by atoms with Crippen LogP contribution in [-0.4, -0.2) is 24.3 Å². The van der Waals surface area contributed by atoms with Gasteiger partial charge in [0.2, 0.25) is 0 Å². The fourth-order valence-corrected chi connectivity index (χ4v) is 5.68. The molecular formula is C27H25F3N2O4S. The first-order valence-corrected chi connectivity index (χ1v) is 13.2. The fraction of sp³-hybridized carbons (Fsp3) is 0.296. The van der Waals surface area contributed by atoms with Crippen molar-refractivity contribution in [2.24, 2.45) is 0 Å². The van der Waals surface area contributed by atoms with Gasteiger partial charge < -0.3 is 9.94 Å². The van der Waals surface area contributed by atoms with E-state index in [9.17, 15) is 26.8 Å². The minimum atomic E-state index is -4.99. The Morgan fingerprint density at radius 1 is 1.00 bits per heavy atom. The van der Waals surface area contributed by atoms with Crippen molar-refractivity contribution in [1.82, 2.24) is 4.98 Å². The van der Waals surface area contributed by atoms with E-state index < -0.39 is 25.7 Å². The number of nitrogens with one attached hydrogen (secondary N) is 1. The van der Waals surface area contributed by atoms with Crippen LogP contribution in [0.3, 0.4) is 0 Å². The largest absolute Gasteiger partial charge is 0.710 e. The second-order valence-corrected chi connectivity index (χ2v) is 12.3. The predicted octanol–water partition coefficient (Wildman–Crippen LogP) is 6.56. The molecule has 1 aliphatic rings. The average Bonchev–Trinajstić information content (AvgIpc) is 3.57. The Bertz CT molecular complexity index is 1600. The van der Waals surface area contributed by atoms with E-state index in [0.717, 1.165) is 18.9 Å². The van der Waals surface area contributed by atoms with Gasteiger partial charge in [0.1, 0.15) is 17.2 Å². The quantitative estimate of drug-likeness (QED) is 0.226. The van der Waals surface area contributed by atoms with Crippen molar-refractivity contribution in [3.8, 4) is 22.6 Å². The van der Waals surface area contributed by atoms with E-state index in [-0.39, 0.29) is 17.0 Å². The molecule has 0 unspecified atom stereocenters. The lowest BCUT2D eigenvalue weighted by molar-refractivity contribution is -0.586. The molecule has 1 aliphatic carbocycles. The number of benzene rings is 2. The Kier molecular flexibility index (Phi) is 5.78. The Morgan fingerprint density at radius 2 is 1.68 bits per heavy atom. The molecule has 4 aromatic rings. The highest BCUT2D eigenvalue weighted by Crippen LogP contribution is 2.44. The maximum absolute atomic E-state index is 13.7. The number of aromatic amines is 1. The standard InChI is InChI=1S/C27H25F3N2O4S/c1-16-14-22(21-12-13-31-25(21)32(16)33)23-15-20(37(34,35)26(2,3)27(28,29)30)10-11-24(23)36-19-8-6-18(7-9-19)17-4-5-17/h6-15,17,31H,4-5H2,1-3H3. The van der Waals surface area contributed by atoms with Crippen LogP contribution in [0.15, 0.2) is 65.7 Å². The van der Waals surface area contributed by atoms with Gasteiger partial charge in [-0.1, -0.05) is 12.1 Å². The van der Waals surface area contributed by atoms with Crippen LogP contribution in [0.2, 0.25) is 0 Å². The molecule has 0 radical (unpaired) electrons. The Labute approximate surface area is 212 Å². The first-order chi connectivity index (χ1) is 17.3. The van der Waals surface area contributed by atoms with Crippen LogP contribution >= 0.6 is 0 Å². The number of sulfone groups is 1.